The van der Waals surface area contributed by atoms with Gasteiger partial charge in [0.2, 0.25) is 0 Å². The lowest BCUT2D eigenvalue weighted by molar-refractivity contribution is 0.0708. The first-order valence-electron chi connectivity index (χ1n) is 14.8. The van der Waals surface area contributed by atoms with E-state index < -0.39 is 8.80 Å². The van der Waals surface area contributed by atoms with E-state index in [2.05, 4.69) is 50.4 Å². The standard InChI is InChI=1S/C28H55N5O3Si/c1-4-34-37(35-5-2,36-6-3)24-10-20-32-25-27-11-13-28(14-12-27)26-33-22-9-19-30-17-7-15-29-16-8-18-31-21-23-33/h11-14,29-32H,4-10,15-26H2,1-3H3. The molecule has 9 heteroatoms. The van der Waals surface area contributed by atoms with Gasteiger partial charge < -0.3 is 34.5 Å². The van der Waals surface area contributed by atoms with Crippen LogP contribution in [0.1, 0.15) is 57.6 Å². The second kappa shape index (κ2) is 21.0. The number of nitrogens with zero attached hydrogens (tertiary/aromatic N) is 1. The minimum atomic E-state index is -2.53. The van der Waals surface area contributed by atoms with Crippen LogP contribution in [0.5, 0.6) is 0 Å². The zero-order chi connectivity index (χ0) is 26.4. The fourth-order valence-corrected chi connectivity index (χ4v) is 7.28. The van der Waals surface area contributed by atoms with Crippen LogP contribution < -0.4 is 21.3 Å². The normalized spacial score (nSPS) is 17.8. The van der Waals surface area contributed by atoms with E-state index in [9.17, 15) is 0 Å². The first-order valence-corrected chi connectivity index (χ1v) is 16.7. The van der Waals surface area contributed by atoms with Crippen molar-refractivity contribution in [2.24, 2.45) is 0 Å². The third kappa shape index (κ3) is 14.7. The molecule has 0 atom stereocenters. The van der Waals surface area contributed by atoms with Crippen molar-refractivity contribution in [1.82, 2.24) is 26.2 Å². The Hall–Kier alpha value is -0.883. The first kappa shape index (κ1) is 32.3. The molecule has 1 saturated heterocycles. The second-order valence-electron chi connectivity index (χ2n) is 9.67. The largest absolute Gasteiger partial charge is 0.500 e. The minimum Gasteiger partial charge on any atom is -0.374 e. The van der Waals surface area contributed by atoms with Crippen LogP contribution in [0, 0.1) is 0 Å². The van der Waals surface area contributed by atoms with Crippen LogP contribution in [0.3, 0.4) is 0 Å². The highest BCUT2D eigenvalue weighted by Crippen LogP contribution is 2.18. The predicted molar refractivity (Wildman–Crippen MR) is 156 cm³/mol. The van der Waals surface area contributed by atoms with Crippen LogP contribution in [0.25, 0.3) is 0 Å². The number of hydrogen-bond acceptors (Lipinski definition) is 8. The Balaban J connectivity index is 1.74. The number of benzene rings is 1. The van der Waals surface area contributed by atoms with E-state index >= 15 is 0 Å². The molecule has 1 aromatic carbocycles. The Kier molecular flexibility index (Phi) is 18.4. The van der Waals surface area contributed by atoms with Crippen molar-refractivity contribution < 1.29 is 13.3 Å². The van der Waals surface area contributed by atoms with E-state index in [-0.39, 0.29) is 0 Å². The number of nitrogens with one attached hydrogen (secondary N) is 4. The fourth-order valence-electron chi connectivity index (χ4n) is 4.67. The molecule has 4 N–H and O–H groups in total. The first-order chi connectivity index (χ1) is 18.2. The quantitative estimate of drug-likeness (QED) is 0.213. The summed E-state index contributed by atoms with van der Waals surface area (Å²) >= 11 is 0. The fraction of sp³-hybridized carbons (Fsp3) is 0.786. The van der Waals surface area contributed by atoms with Crippen LogP contribution in [0.15, 0.2) is 24.3 Å². The van der Waals surface area contributed by atoms with Gasteiger partial charge in [-0.1, -0.05) is 24.3 Å². The maximum Gasteiger partial charge on any atom is 0.500 e. The average molecular weight is 538 g/mol. The molecular formula is C28H55N5O3Si. The van der Waals surface area contributed by atoms with Crippen molar-refractivity contribution >= 4 is 8.80 Å². The average Bonchev–Trinajstić information content (AvgIpc) is 2.90. The molecule has 1 aliphatic rings. The highest BCUT2D eigenvalue weighted by atomic mass is 28.4. The van der Waals surface area contributed by atoms with E-state index in [0.717, 1.165) is 84.5 Å². The lowest BCUT2D eigenvalue weighted by Crippen LogP contribution is -2.46. The van der Waals surface area contributed by atoms with E-state index in [1.165, 1.54) is 30.4 Å². The Morgan fingerprint density at radius 3 is 1.86 bits per heavy atom. The Bertz CT molecular complexity index is 635. The summed E-state index contributed by atoms with van der Waals surface area (Å²) in [6.07, 6.45) is 4.57. The van der Waals surface area contributed by atoms with Gasteiger partial charge in [-0.05, 0) is 103 Å². The molecule has 0 bridgehead atoms. The third-order valence-corrected chi connectivity index (χ3v) is 9.69. The molecule has 0 saturated carbocycles. The minimum absolute atomic E-state index is 0.633. The second-order valence-corrected chi connectivity index (χ2v) is 12.4. The Labute approximate surface area is 228 Å². The van der Waals surface area contributed by atoms with Crippen molar-refractivity contribution in [2.75, 3.05) is 78.7 Å². The van der Waals surface area contributed by atoms with Crippen LogP contribution in [-0.4, -0.2) is 92.4 Å². The topological polar surface area (TPSA) is 79.1 Å². The molecule has 2 rings (SSSR count). The highest BCUT2D eigenvalue weighted by molar-refractivity contribution is 6.60. The van der Waals surface area contributed by atoms with Gasteiger partial charge in [-0.3, -0.25) is 4.90 Å². The van der Waals surface area contributed by atoms with Gasteiger partial charge >= 0.3 is 8.80 Å². The SMILES string of the molecule is CCO[Si](CCCNCc1ccc(CN2CCCNCCCNCCCNCC2)cc1)(OCC)OCC. The molecule has 0 spiro atoms. The predicted octanol–water partition coefficient (Wildman–Crippen LogP) is 2.97. The summed E-state index contributed by atoms with van der Waals surface area (Å²) in [5.41, 5.74) is 2.71. The van der Waals surface area contributed by atoms with E-state index in [1.807, 2.05) is 20.8 Å². The Morgan fingerprint density at radius 2 is 1.27 bits per heavy atom. The molecule has 8 nitrogen and oxygen atoms in total. The van der Waals surface area contributed by atoms with Crippen LogP contribution in [0.2, 0.25) is 6.04 Å². The summed E-state index contributed by atoms with van der Waals surface area (Å²) < 4.78 is 17.9. The van der Waals surface area contributed by atoms with Crippen molar-refractivity contribution in [3.63, 3.8) is 0 Å². The highest BCUT2D eigenvalue weighted by Gasteiger charge is 2.39. The maximum absolute atomic E-state index is 5.96. The van der Waals surface area contributed by atoms with Gasteiger partial charge in [0.15, 0.2) is 0 Å². The molecule has 37 heavy (non-hydrogen) atoms. The molecule has 1 aliphatic heterocycles. The Morgan fingerprint density at radius 1 is 0.730 bits per heavy atom. The van der Waals surface area contributed by atoms with Gasteiger partial charge in [-0.25, -0.2) is 0 Å². The van der Waals surface area contributed by atoms with Gasteiger partial charge in [0.05, 0.1) is 0 Å². The van der Waals surface area contributed by atoms with Crippen LogP contribution in [-0.2, 0) is 26.4 Å². The van der Waals surface area contributed by atoms with Crippen LogP contribution >= 0.6 is 0 Å². The van der Waals surface area contributed by atoms with Crippen molar-refractivity contribution in [3.05, 3.63) is 35.4 Å². The molecule has 0 amide bonds. The van der Waals surface area contributed by atoms with Gasteiger partial charge in [0.25, 0.3) is 0 Å². The van der Waals surface area contributed by atoms with E-state index in [0.29, 0.717) is 19.8 Å². The summed E-state index contributed by atoms with van der Waals surface area (Å²) in [6, 6.07) is 9.97. The van der Waals surface area contributed by atoms with Crippen molar-refractivity contribution in [2.45, 2.75) is 65.6 Å². The molecule has 0 radical (unpaired) electrons. The summed E-state index contributed by atoms with van der Waals surface area (Å²) in [5.74, 6) is 0. The molecule has 1 fully saturated rings. The van der Waals surface area contributed by atoms with E-state index in [4.69, 9.17) is 13.3 Å². The van der Waals surface area contributed by atoms with Gasteiger partial charge in [-0.15, -0.1) is 0 Å². The van der Waals surface area contributed by atoms with Gasteiger partial charge in [0.1, 0.15) is 0 Å². The maximum atomic E-state index is 5.96. The van der Waals surface area contributed by atoms with Crippen LogP contribution in [0.4, 0.5) is 0 Å². The molecule has 0 unspecified atom stereocenters. The zero-order valence-electron chi connectivity index (χ0n) is 23.9. The van der Waals surface area contributed by atoms with Crippen molar-refractivity contribution in [1.29, 1.82) is 0 Å². The smallest absolute Gasteiger partial charge is 0.374 e. The van der Waals surface area contributed by atoms with Gasteiger partial charge in [-0.2, -0.15) is 0 Å². The van der Waals surface area contributed by atoms with Gasteiger partial charge in [0, 0.05) is 52.0 Å². The summed E-state index contributed by atoms with van der Waals surface area (Å²) in [7, 11) is -2.53. The molecule has 0 aliphatic carbocycles. The molecule has 1 aromatic rings. The molecule has 1 heterocycles. The molecule has 0 aromatic heterocycles. The van der Waals surface area contributed by atoms with E-state index in [1.54, 1.807) is 0 Å². The number of rotatable bonds is 14. The summed E-state index contributed by atoms with van der Waals surface area (Å²) in [6.45, 7) is 19.5. The summed E-state index contributed by atoms with van der Waals surface area (Å²) in [5, 5.41) is 14.3. The number of hydrogen-bond donors (Lipinski definition) is 4. The molecule has 214 valence electrons. The monoisotopic (exact) mass is 537 g/mol. The van der Waals surface area contributed by atoms with Crippen molar-refractivity contribution in [3.8, 4) is 0 Å². The zero-order valence-corrected chi connectivity index (χ0v) is 24.9. The lowest BCUT2D eigenvalue weighted by Gasteiger charge is -2.28. The third-order valence-electron chi connectivity index (χ3n) is 6.53. The lowest BCUT2D eigenvalue weighted by atomic mass is 10.1. The summed E-state index contributed by atoms with van der Waals surface area (Å²) in [4.78, 5) is 2.59. The molecular weight excluding hydrogens is 482 g/mol.